The predicted octanol–water partition coefficient (Wildman–Crippen LogP) is 8.80. The number of hydrogen-bond donors (Lipinski definition) is 0. The minimum Gasteiger partial charge on any atom is -0.206 e. The molecule has 0 aliphatic heterocycles. The molecule has 0 amide bonds. The Morgan fingerprint density at radius 1 is 0.676 bits per heavy atom. The Kier molecular flexibility index (Phi) is 7.92. The lowest BCUT2D eigenvalue weighted by atomic mass is 9.98. The van der Waals surface area contributed by atoms with Crippen LogP contribution in [0.3, 0.4) is 0 Å². The molecule has 37 heavy (non-hydrogen) atoms. The molecular formula is C31H24F6. The molecule has 4 rings (SSSR count). The lowest BCUT2D eigenvalue weighted by Gasteiger charge is -2.09. The number of aryl methyl sites for hydroxylation is 3. The fraction of sp³-hybridized carbons (Fsp3) is 0.226. The fourth-order valence-corrected chi connectivity index (χ4v) is 4.19. The average Bonchev–Trinajstić information content (AvgIpc) is 2.85. The molecule has 0 saturated carbocycles. The molecular weight excluding hydrogens is 486 g/mol. The molecule has 0 fully saturated rings. The third kappa shape index (κ3) is 6.35. The van der Waals surface area contributed by atoms with Crippen LogP contribution in [-0.2, 0) is 25.4 Å². The van der Waals surface area contributed by atoms with Crippen LogP contribution in [0.2, 0.25) is 0 Å². The van der Waals surface area contributed by atoms with E-state index in [2.05, 4.69) is 43.0 Å². The maximum atomic E-state index is 15.1. The van der Waals surface area contributed by atoms with Crippen molar-refractivity contribution in [3.8, 4) is 11.8 Å². The highest BCUT2D eigenvalue weighted by Gasteiger charge is 2.37. The van der Waals surface area contributed by atoms with Crippen molar-refractivity contribution in [3.63, 3.8) is 0 Å². The van der Waals surface area contributed by atoms with Crippen LogP contribution in [0.25, 0.3) is 10.8 Å². The van der Waals surface area contributed by atoms with Crippen molar-refractivity contribution >= 4 is 10.8 Å². The van der Waals surface area contributed by atoms with Gasteiger partial charge >= 0.3 is 6.18 Å². The number of hydrogen-bond acceptors (Lipinski definition) is 0. The summed E-state index contributed by atoms with van der Waals surface area (Å²) < 4.78 is 80.9. The SMILES string of the molecule is CCCCc1ccc(CCc2ccc3c(F)c(C#Cc4cc(F)c(C(F)(F)F)c(F)c4)ccc3c2)cc1. The smallest absolute Gasteiger partial charge is 0.206 e. The molecule has 4 aromatic carbocycles. The van der Waals surface area contributed by atoms with E-state index >= 15 is 4.39 Å². The van der Waals surface area contributed by atoms with Gasteiger partial charge in [-0.05, 0) is 66.0 Å². The zero-order valence-electron chi connectivity index (χ0n) is 20.2. The van der Waals surface area contributed by atoms with Gasteiger partial charge in [-0.25, -0.2) is 13.2 Å². The Hall–Kier alpha value is -3.72. The molecule has 0 N–H and O–H groups in total. The van der Waals surface area contributed by atoms with Crippen molar-refractivity contribution in [2.45, 2.75) is 45.2 Å². The second kappa shape index (κ2) is 11.1. The van der Waals surface area contributed by atoms with Gasteiger partial charge in [-0.15, -0.1) is 0 Å². The van der Waals surface area contributed by atoms with Crippen LogP contribution in [-0.4, -0.2) is 0 Å². The number of fused-ring (bicyclic) bond motifs is 1. The number of alkyl halides is 3. The van der Waals surface area contributed by atoms with E-state index < -0.39 is 29.2 Å². The summed E-state index contributed by atoms with van der Waals surface area (Å²) in [6.45, 7) is 2.17. The van der Waals surface area contributed by atoms with Crippen LogP contribution < -0.4 is 0 Å². The summed E-state index contributed by atoms with van der Waals surface area (Å²) >= 11 is 0. The third-order valence-electron chi connectivity index (χ3n) is 6.23. The summed E-state index contributed by atoms with van der Waals surface area (Å²) in [6.07, 6.45) is -0.103. The number of unbranched alkanes of at least 4 members (excludes halogenated alkanes) is 1. The summed E-state index contributed by atoms with van der Waals surface area (Å²) in [7, 11) is 0. The normalized spacial score (nSPS) is 11.4. The standard InChI is InChI=1S/C31H24F6/c1-2-3-4-20-5-7-21(8-6-20)9-10-22-12-16-26-25(17-22)15-14-24(30(26)34)13-11-23-18-27(32)29(28(33)19-23)31(35,36)37/h5-8,12,14-19H,2-4,9-10H2,1H3. The Morgan fingerprint density at radius 2 is 1.27 bits per heavy atom. The first-order valence-electron chi connectivity index (χ1n) is 12.0. The van der Waals surface area contributed by atoms with Crippen molar-refractivity contribution in [1.82, 2.24) is 0 Å². The van der Waals surface area contributed by atoms with Crippen molar-refractivity contribution in [1.29, 1.82) is 0 Å². The molecule has 0 nitrogen and oxygen atoms in total. The Balaban J connectivity index is 1.50. The molecule has 4 aromatic rings. The van der Waals surface area contributed by atoms with Crippen molar-refractivity contribution in [2.24, 2.45) is 0 Å². The number of halogens is 6. The van der Waals surface area contributed by atoms with Crippen molar-refractivity contribution in [3.05, 3.63) is 118 Å². The molecule has 0 bridgehead atoms. The van der Waals surface area contributed by atoms with Gasteiger partial charge in [0.15, 0.2) is 0 Å². The highest BCUT2D eigenvalue weighted by atomic mass is 19.4. The molecule has 190 valence electrons. The van der Waals surface area contributed by atoms with Gasteiger partial charge in [0, 0.05) is 10.9 Å². The number of benzene rings is 4. The molecule has 0 radical (unpaired) electrons. The Labute approximate surface area is 212 Å². The Morgan fingerprint density at radius 3 is 1.89 bits per heavy atom. The summed E-state index contributed by atoms with van der Waals surface area (Å²) in [5, 5.41) is 1.02. The number of rotatable bonds is 6. The van der Waals surface area contributed by atoms with Gasteiger partial charge in [-0.3, -0.25) is 0 Å². The van der Waals surface area contributed by atoms with Crippen LogP contribution in [0.1, 0.15) is 53.1 Å². The fourth-order valence-electron chi connectivity index (χ4n) is 4.19. The quantitative estimate of drug-likeness (QED) is 0.180. The third-order valence-corrected chi connectivity index (χ3v) is 6.23. The van der Waals surface area contributed by atoms with Crippen LogP contribution in [0.15, 0.2) is 66.7 Å². The molecule has 0 heterocycles. The van der Waals surface area contributed by atoms with E-state index in [-0.39, 0.29) is 11.1 Å². The van der Waals surface area contributed by atoms with Crippen LogP contribution in [0.4, 0.5) is 26.3 Å². The van der Waals surface area contributed by atoms with Gasteiger partial charge in [-0.2, -0.15) is 13.2 Å². The Bertz CT molecular complexity index is 1450. The van der Waals surface area contributed by atoms with E-state index in [1.165, 1.54) is 23.6 Å². The minimum atomic E-state index is -5.16. The first-order valence-corrected chi connectivity index (χ1v) is 12.0. The largest absolute Gasteiger partial charge is 0.422 e. The monoisotopic (exact) mass is 510 g/mol. The molecule has 0 aromatic heterocycles. The minimum absolute atomic E-state index is 0.0240. The van der Waals surface area contributed by atoms with E-state index in [0.29, 0.717) is 22.9 Å². The summed E-state index contributed by atoms with van der Waals surface area (Å²) in [5.74, 6) is 0.687. The molecule has 0 aliphatic rings. The van der Waals surface area contributed by atoms with Crippen LogP contribution >= 0.6 is 0 Å². The summed E-state index contributed by atoms with van der Waals surface area (Å²) in [5.41, 5.74) is 1.29. The average molecular weight is 511 g/mol. The zero-order valence-corrected chi connectivity index (χ0v) is 20.2. The predicted molar refractivity (Wildman–Crippen MR) is 134 cm³/mol. The van der Waals surface area contributed by atoms with Gasteiger partial charge in [0.2, 0.25) is 0 Å². The maximum absolute atomic E-state index is 15.1. The lowest BCUT2D eigenvalue weighted by molar-refractivity contribution is -0.142. The summed E-state index contributed by atoms with van der Waals surface area (Å²) in [6, 6.07) is 18.2. The zero-order chi connectivity index (χ0) is 26.6. The first-order chi connectivity index (χ1) is 17.7. The van der Waals surface area contributed by atoms with Gasteiger partial charge < -0.3 is 0 Å². The highest BCUT2D eigenvalue weighted by molar-refractivity contribution is 5.85. The van der Waals surface area contributed by atoms with E-state index in [1.807, 2.05) is 12.1 Å². The maximum Gasteiger partial charge on any atom is 0.422 e. The van der Waals surface area contributed by atoms with Gasteiger partial charge in [0.25, 0.3) is 0 Å². The first kappa shape index (κ1) is 26.3. The molecule has 0 spiro atoms. The van der Waals surface area contributed by atoms with Crippen molar-refractivity contribution in [2.75, 3.05) is 0 Å². The molecule has 0 unspecified atom stereocenters. The highest BCUT2D eigenvalue weighted by Crippen LogP contribution is 2.34. The van der Waals surface area contributed by atoms with E-state index in [9.17, 15) is 22.0 Å². The van der Waals surface area contributed by atoms with Crippen LogP contribution in [0.5, 0.6) is 0 Å². The summed E-state index contributed by atoms with van der Waals surface area (Å²) in [4.78, 5) is 0. The van der Waals surface area contributed by atoms with Gasteiger partial charge in [0.05, 0.1) is 5.56 Å². The topological polar surface area (TPSA) is 0 Å². The van der Waals surface area contributed by atoms with Crippen LogP contribution in [0, 0.1) is 29.3 Å². The second-order valence-corrected chi connectivity index (χ2v) is 8.97. The molecule has 0 saturated heterocycles. The molecule has 0 atom stereocenters. The van der Waals surface area contributed by atoms with Gasteiger partial charge in [0.1, 0.15) is 23.0 Å². The lowest BCUT2D eigenvalue weighted by Crippen LogP contribution is -2.11. The second-order valence-electron chi connectivity index (χ2n) is 8.97. The van der Waals surface area contributed by atoms with E-state index in [0.717, 1.165) is 31.2 Å². The molecule has 0 aliphatic carbocycles. The van der Waals surface area contributed by atoms with E-state index in [1.54, 1.807) is 12.1 Å². The van der Waals surface area contributed by atoms with E-state index in [4.69, 9.17) is 0 Å². The van der Waals surface area contributed by atoms with Crippen molar-refractivity contribution < 1.29 is 26.3 Å². The van der Waals surface area contributed by atoms with Gasteiger partial charge in [-0.1, -0.05) is 73.7 Å². The molecule has 6 heteroatoms.